The highest BCUT2D eigenvalue weighted by molar-refractivity contribution is 6.33. The van der Waals surface area contributed by atoms with Crippen molar-refractivity contribution in [3.63, 3.8) is 0 Å². The van der Waals surface area contributed by atoms with Crippen LogP contribution < -0.4 is 10.5 Å². The van der Waals surface area contributed by atoms with E-state index in [1.54, 1.807) is 11.2 Å². The molecule has 1 amide bonds. The maximum Gasteiger partial charge on any atom is 0.292 e. The number of hydrogen-bond donors (Lipinski definition) is 0. The Morgan fingerprint density at radius 1 is 0.912 bits per heavy atom. The predicted molar refractivity (Wildman–Crippen MR) is 133 cm³/mol. The molecule has 0 aliphatic carbocycles. The maximum atomic E-state index is 12.8. The highest BCUT2D eigenvalue weighted by Gasteiger charge is 2.26. The summed E-state index contributed by atoms with van der Waals surface area (Å²) in [6, 6.07) is 19.2. The van der Waals surface area contributed by atoms with E-state index < -0.39 is 0 Å². The molecule has 8 nitrogen and oxygen atoms in total. The van der Waals surface area contributed by atoms with Crippen molar-refractivity contribution in [1.29, 1.82) is 0 Å². The number of piperazine rings is 1. The second kappa shape index (κ2) is 9.79. The number of amides is 1. The van der Waals surface area contributed by atoms with Crippen molar-refractivity contribution in [2.45, 2.75) is 6.42 Å². The van der Waals surface area contributed by atoms with Gasteiger partial charge in [0.1, 0.15) is 5.02 Å². The maximum absolute atomic E-state index is 12.8. The summed E-state index contributed by atoms with van der Waals surface area (Å²) in [6.07, 6.45) is 2.41. The number of carbonyl (C=O) groups is 1. The molecule has 1 fully saturated rings. The molecule has 3 heterocycles. The number of nitrogens with zero attached hydrogens (tertiary/aromatic N) is 6. The number of aromatic nitrogens is 2. The van der Waals surface area contributed by atoms with Gasteiger partial charge < -0.3 is 4.90 Å². The SMILES string of the molecule is O=C(CN1CCN(c2cnn(-c3ccccc3)c(=O)c2Cl)CC1)N1CCC(c2ccccc2)=N1. The molecule has 0 N–H and O–H groups in total. The molecule has 1 aromatic heterocycles. The van der Waals surface area contributed by atoms with E-state index in [2.05, 4.69) is 20.0 Å². The lowest BCUT2D eigenvalue weighted by Gasteiger charge is -2.36. The summed E-state index contributed by atoms with van der Waals surface area (Å²) in [5.74, 6) is 0.00420. The van der Waals surface area contributed by atoms with Gasteiger partial charge >= 0.3 is 0 Å². The lowest BCUT2D eigenvalue weighted by atomic mass is 10.1. The number of carbonyl (C=O) groups excluding carboxylic acids is 1. The lowest BCUT2D eigenvalue weighted by Crippen LogP contribution is -2.49. The van der Waals surface area contributed by atoms with Gasteiger partial charge in [-0.3, -0.25) is 14.5 Å². The zero-order valence-corrected chi connectivity index (χ0v) is 19.4. The van der Waals surface area contributed by atoms with Crippen LogP contribution in [0.25, 0.3) is 5.69 Å². The van der Waals surface area contributed by atoms with Crippen molar-refractivity contribution in [2.24, 2.45) is 5.10 Å². The Labute approximate surface area is 202 Å². The van der Waals surface area contributed by atoms with Crippen LogP contribution >= 0.6 is 11.6 Å². The molecule has 0 saturated carbocycles. The summed E-state index contributed by atoms with van der Waals surface area (Å²) in [4.78, 5) is 29.8. The summed E-state index contributed by atoms with van der Waals surface area (Å²) >= 11 is 6.45. The predicted octanol–water partition coefficient (Wildman–Crippen LogP) is 2.64. The quantitative estimate of drug-likeness (QED) is 0.566. The van der Waals surface area contributed by atoms with Gasteiger partial charge in [0.15, 0.2) is 0 Å². The van der Waals surface area contributed by atoms with Crippen LogP contribution in [0.3, 0.4) is 0 Å². The molecule has 9 heteroatoms. The van der Waals surface area contributed by atoms with Gasteiger partial charge in [-0.25, -0.2) is 5.01 Å². The van der Waals surface area contributed by atoms with Crippen molar-refractivity contribution < 1.29 is 4.79 Å². The second-order valence-electron chi connectivity index (χ2n) is 8.34. The fraction of sp³-hybridized carbons (Fsp3) is 0.280. The van der Waals surface area contributed by atoms with Crippen LogP contribution in [0.1, 0.15) is 12.0 Å². The standard InChI is InChI=1S/C25H25ClN6O2/c26-24-22(17-27-32(25(24)34)20-9-5-2-6-10-20)30-15-13-29(14-16-30)18-23(33)31-12-11-21(28-31)19-7-3-1-4-8-19/h1-10,17H,11-16,18H2. The first kappa shape index (κ1) is 22.3. The summed E-state index contributed by atoms with van der Waals surface area (Å²) in [6.45, 7) is 3.62. The molecule has 5 rings (SSSR count). The number of anilines is 1. The van der Waals surface area contributed by atoms with Crippen LogP contribution in [0.2, 0.25) is 5.02 Å². The van der Waals surface area contributed by atoms with Gasteiger partial charge in [0.2, 0.25) is 0 Å². The Hall–Kier alpha value is -3.49. The van der Waals surface area contributed by atoms with E-state index in [4.69, 9.17) is 11.6 Å². The molecule has 0 radical (unpaired) electrons. The Morgan fingerprint density at radius 3 is 2.29 bits per heavy atom. The number of para-hydroxylation sites is 1. The number of hydrazone groups is 1. The minimum atomic E-state index is -0.343. The number of hydrogen-bond acceptors (Lipinski definition) is 6. The highest BCUT2D eigenvalue weighted by atomic mass is 35.5. The minimum Gasteiger partial charge on any atom is -0.366 e. The van der Waals surface area contributed by atoms with E-state index in [1.165, 1.54) is 4.68 Å². The molecular weight excluding hydrogens is 452 g/mol. The first-order valence-corrected chi connectivity index (χ1v) is 11.7. The monoisotopic (exact) mass is 476 g/mol. The van der Waals surface area contributed by atoms with Crippen molar-refractivity contribution in [3.8, 4) is 5.69 Å². The van der Waals surface area contributed by atoms with Crippen molar-refractivity contribution >= 4 is 28.9 Å². The van der Waals surface area contributed by atoms with Crippen LogP contribution in [0.5, 0.6) is 0 Å². The van der Waals surface area contributed by atoms with Gasteiger partial charge in [-0.15, -0.1) is 0 Å². The van der Waals surface area contributed by atoms with Crippen molar-refractivity contribution in [2.75, 3.05) is 44.2 Å². The molecule has 2 aromatic carbocycles. The molecule has 0 unspecified atom stereocenters. The topological polar surface area (TPSA) is 74.0 Å². The third-order valence-corrected chi connectivity index (χ3v) is 6.53. The van der Waals surface area contributed by atoms with Crippen LogP contribution in [0.4, 0.5) is 5.69 Å². The lowest BCUT2D eigenvalue weighted by molar-refractivity contribution is -0.132. The van der Waals surface area contributed by atoms with Crippen molar-refractivity contribution in [1.82, 2.24) is 19.7 Å². The Bertz CT molecular complexity index is 1250. The number of halogens is 1. The summed E-state index contributed by atoms with van der Waals surface area (Å²) in [5, 5.41) is 10.6. The summed E-state index contributed by atoms with van der Waals surface area (Å²) in [7, 11) is 0. The molecule has 0 bridgehead atoms. The zero-order valence-electron chi connectivity index (χ0n) is 18.7. The van der Waals surface area contributed by atoms with E-state index in [0.717, 1.165) is 17.7 Å². The molecule has 2 aliphatic heterocycles. The van der Waals surface area contributed by atoms with Crippen LogP contribution in [-0.4, -0.2) is 70.6 Å². The molecular formula is C25H25ClN6O2. The Kier molecular flexibility index (Phi) is 6.42. The third kappa shape index (κ3) is 4.60. The van der Waals surface area contributed by atoms with E-state index in [-0.39, 0.29) is 16.5 Å². The fourth-order valence-electron chi connectivity index (χ4n) is 4.29. The molecule has 2 aliphatic rings. The number of rotatable bonds is 5. The average Bonchev–Trinajstić information content (AvgIpc) is 3.38. The average molecular weight is 477 g/mol. The first-order valence-electron chi connectivity index (χ1n) is 11.3. The molecule has 0 spiro atoms. The number of benzene rings is 2. The summed E-state index contributed by atoms with van der Waals surface area (Å²) in [5.41, 5.74) is 2.96. The van der Waals surface area contributed by atoms with Gasteiger partial charge in [0.25, 0.3) is 11.5 Å². The van der Waals surface area contributed by atoms with Crippen LogP contribution in [0.15, 0.2) is 76.8 Å². The Morgan fingerprint density at radius 2 is 1.59 bits per heavy atom. The molecule has 0 atom stereocenters. The first-order chi connectivity index (χ1) is 16.6. The second-order valence-corrected chi connectivity index (χ2v) is 8.72. The third-order valence-electron chi connectivity index (χ3n) is 6.17. The molecule has 174 valence electrons. The van der Waals surface area contributed by atoms with Crippen LogP contribution in [-0.2, 0) is 4.79 Å². The minimum absolute atomic E-state index is 0.00420. The van der Waals surface area contributed by atoms with E-state index in [9.17, 15) is 9.59 Å². The van der Waals surface area contributed by atoms with Gasteiger partial charge in [-0.1, -0.05) is 60.1 Å². The molecule has 34 heavy (non-hydrogen) atoms. The van der Waals surface area contributed by atoms with Gasteiger partial charge in [-0.05, 0) is 17.7 Å². The van der Waals surface area contributed by atoms with E-state index in [0.29, 0.717) is 50.6 Å². The largest absolute Gasteiger partial charge is 0.366 e. The van der Waals surface area contributed by atoms with E-state index >= 15 is 0 Å². The zero-order chi connectivity index (χ0) is 23.5. The fourth-order valence-corrected chi connectivity index (χ4v) is 4.54. The van der Waals surface area contributed by atoms with Crippen molar-refractivity contribution in [3.05, 3.63) is 87.8 Å². The van der Waals surface area contributed by atoms with Gasteiger partial charge in [0.05, 0.1) is 36.4 Å². The smallest absolute Gasteiger partial charge is 0.292 e. The molecule has 3 aromatic rings. The van der Waals surface area contributed by atoms with Gasteiger partial charge in [0, 0.05) is 32.6 Å². The summed E-state index contributed by atoms with van der Waals surface area (Å²) < 4.78 is 1.31. The normalized spacial score (nSPS) is 16.6. The van der Waals surface area contributed by atoms with E-state index in [1.807, 2.05) is 60.7 Å². The Balaban J connectivity index is 1.19. The van der Waals surface area contributed by atoms with Gasteiger partial charge in [-0.2, -0.15) is 14.9 Å². The molecule has 1 saturated heterocycles. The van der Waals surface area contributed by atoms with Crippen LogP contribution in [0, 0.1) is 0 Å². The highest BCUT2D eigenvalue weighted by Crippen LogP contribution is 2.23.